The van der Waals surface area contributed by atoms with E-state index in [-0.39, 0.29) is 23.9 Å². The Kier molecular flexibility index (Phi) is 4.64. The molecule has 4 heterocycles. The Labute approximate surface area is 159 Å². The maximum atomic E-state index is 13.0. The molecule has 140 valence electrons. The molecule has 2 aliphatic rings. The molecule has 0 aromatic carbocycles. The predicted molar refractivity (Wildman–Crippen MR) is 101 cm³/mol. The van der Waals surface area contributed by atoms with Crippen LogP contribution in [-0.4, -0.2) is 50.2 Å². The number of aromatic nitrogens is 2. The third kappa shape index (κ3) is 3.44. The second-order valence-electron chi connectivity index (χ2n) is 7.42. The van der Waals surface area contributed by atoms with Crippen LogP contribution in [0.25, 0.3) is 0 Å². The molecule has 0 aliphatic carbocycles. The summed E-state index contributed by atoms with van der Waals surface area (Å²) >= 11 is 0. The molecular formula is C21H24N4O2. The highest BCUT2D eigenvalue weighted by molar-refractivity contribution is 5.93. The van der Waals surface area contributed by atoms with Gasteiger partial charge in [0.25, 0.3) is 5.91 Å². The molecule has 0 bridgehead atoms. The van der Waals surface area contributed by atoms with E-state index in [0.29, 0.717) is 25.2 Å². The van der Waals surface area contributed by atoms with Gasteiger partial charge in [-0.3, -0.25) is 14.6 Å². The summed E-state index contributed by atoms with van der Waals surface area (Å²) in [6, 6.07) is 11.5. The smallest absolute Gasteiger partial charge is 0.272 e. The summed E-state index contributed by atoms with van der Waals surface area (Å²) in [6.07, 6.45) is 2.00. The zero-order valence-electron chi connectivity index (χ0n) is 15.8. The van der Waals surface area contributed by atoms with E-state index in [2.05, 4.69) is 9.97 Å². The lowest BCUT2D eigenvalue weighted by Gasteiger charge is -2.39. The molecule has 2 saturated heterocycles. The van der Waals surface area contributed by atoms with Crippen LogP contribution in [0.2, 0.25) is 0 Å². The maximum absolute atomic E-state index is 13.0. The fraction of sp³-hybridized carbons (Fsp3) is 0.429. The first-order chi connectivity index (χ1) is 13.0. The topological polar surface area (TPSA) is 66.4 Å². The zero-order chi connectivity index (χ0) is 19.0. The van der Waals surface area contributed by atoms with Crippen molar-refractivity contribution in [1.29, 1.82) is 0 Å². The molecule has 0 radical (unpaired) electrons. The number of nitrogens with zero attached hydrogens (tertiary/aromatic N) is 4. The molecule has 2 fully saturated rings. The van der Waals surface area contributed by atoms with Gasteiger partial charge in [-0.2, -0.15) is 0 Å². The van der Waals surface area contributed by atoms with Crippen molar-refractivity contribution in [2.24, 2.45) is 0 Å². The number of hydrogen-bond donors (Lipinski definition) is 0. The van der Waals surface area contributed by atoms with Gasteiger partial charge in [-0.25, -0.2) is 4.98 Å². The first kappa shape index (κ1) is 17.6. The van der Waals surface area contributed by atoms with Crippen LogP contribution in [0.4, 0.5) is 0 Å². The Bertz CT molecular complexity index is 882. The highest BCUT2D eigenvalue weighted by atomic mass is 16.2. The summed E-state index contributed by atoms with van der Waals surface area (Å²) in [5, 5.41) is 0. The Morgan fingerprint density at radius 2 is 1.78 bits per heavy atom. The number of hydrogen-bond acceptors (Lipinski definition) is 4. The largest absolute Gasteiger partial charge is 0.332 e. The molecule has 6 nitrogen and oxygen atoms in total. The third-order valence-corrected chi connectivity index (χ3v) is 5.53. The number of carbonyl (C=O) groups excluding carboxylic acids is 2. The standard InChI is InChI=1S/C21H24N4O2/c1-14-5-3-7-16(22-14)13-25-19-11-12-24(18(19)9-10-20(25)26)21(27)17-8-4-6-15(2)23-17/h3-8,18-19H,9-13H2,1-2H3/t18-,19-/m0/s1. The van der Waals surface area contributed by atoms with Gasteiger partial charge in [0.2, 0.25) is 5.91 Å². The number of piperidine rings is 1. The van der Waals surface area contributed by atoms with E-state index < -0.39 is 0 Å². The average molecular weight is 364 g/mol. The SMILES string of the molecule is Cc1cccc(CN2C(=O)CC[C@H]3[C@@H]2CCN3C(=O)c2cccc(C)n2)n1. The van der Waals surface area contributed by atoms with Gasteiger partial charge in [0, 0.05) is 24.4 Å². The first-order valence-electron chi connectivity index (χ1n) is 9.49. The fourth-order valence-electron chi connectivity index (χ4n) is 4.28. The third-order valence-electron chi connectivity index (χ3n) is 5.53. The Morgan fingerprint density at radius 3 is 2.52 bits per heavy atom. The van der Waals surface area contributed by atoms with Gasteiger partial charge in [-0.05, 0) is 51.0 Å². The van der Waals surface area contributed by atoms with Gasteiger partial charge < -0.3 is 9.80 Å². The van der Waals surface area contributed by atoms with Gasteiger partial charge in [-0.1, -0.05) is 12.1 Å². The molecule has 6 heteroatoms. The second kappa shape index (κ2) is 7.10. The number of aryl methyl sites for hydroxylation is 2. The van der Waals surface area contributed by atoms with Crippen LogP contribution in [0.5, 0.6) is 0 Å². The highest BCUT2D eigenvalue weighted by Crippen LogP contribution is 2.33. The van der Waals surface area contributed by atoms with E-state index in [9.17, 15) is 9.59 Å². The number of carbonyl (C=O) groups is 2. The highest BCUT2D eigenvalue weighted by Gasteiger charge is 2.45. The molecule has 0 N–H and O–H groups in total. The average Bonchev–Trinajstić information content (AvgIpc) is 3.08. The first-order valence-corrected chi connectivity index (χ1v) is 9.49. The number of likely N-dealkylation sites (tertiary alicyclic amines) is 2. The van der Waals surface area contributed by atoms with Crippen molar-refractivity contribution in [3.05, 3.63) is 59.2 Å². The van der Waals surface area contributed by atoms with Crippen LogP contribution >= 0.6 is 0 Å². The number of pyridine rings is 2. The minimum absolute atomic E-state index is 0.0332. The molecule has 2 amide bonds. The summed E-state index contributed by atoms with van der Waals surface area (Å²) < 4.78 is 0. The van der Waals surface area contributed by atoms with Crippen LogP contribution < -0.4 is 0 Å². The van der Waals surface area contributed by atoms with Gasteiger partial charge in [0.05, 0.1) is 24.3 Å². The Hall–Kier alpha value is -2.76. The van der Waals surface area contributed by atoms with Crippen LogP contribution in [0.3, 0.4) is 0 Å². The normalized spacial score (nSPS) is 22.1. The summed E-state index contributed by atoms with van der Waals surface area (Å²) in [7, 11) is 0. The van der Waals surface area contributed by atoms with Gasteiger partial charge in [0.1, 0.15) is 5.69 Å². The van der Waals surface area contributed by atoms with Crippen LogP contribution in [-0.2, 0) is 11.3 Å². The number of rotatable bonds is 3. The number of fused-ring (bicyclic) bond motifs is 1. The van der Waals surface area contributed by atoms with Crippen molar-refractivity contribution in [1.82, 2.24) is 19.8 Å². The predicted octanol–water partition coefficient (Wildman–Crippen LogP) is 2.50. The van der Waals surface area contributed by atoms with Crippen molar-refractivity contribution in [2.75, 3.05) is 6.54 Å². The second-order valence-corrected chi connectivity index (χ2v) is 7.42. The van der Waals surface area contributed by atoms with Crippen molar-refractivity contribution < 1.29 is 9.59 Å². The molecule has 2 aromatic heterocycles. The minimum atomic E-state index is -0.0332. The van der Waals surface area contributed by atoms with E-state index in [1.807, 2.05) is 54.0 Å². The maximum Gasteiger partial charge on any atom is 0.272 e. The van der Waals surface area contributed by atoms with Crippen molar-refractivity contribution in [2.45, 2.75) is 51.7 Å². The summed E-state index contributed by atoms with van der Waals surface area (Å²) in [6.45, 7) is 5.01. The van der Waals surface area contributed by atoms with E-state index in [1.54, 1.807) is 6.07 Å². The quantitative estimate of drug-likeness (QED) is 0.839. The molecule has 0 spiro atoms. The van der Waals surface area contributed by atoms with E-state index >= 15 is 0 Å². The Balaban J connectivity index is 1.54. The molecule has 2 aromatic rings. The van der Waals surface area contributed by atoms with E-state index in [0.717, 1.165) is 29.9 Å². The molecule has 0 unspecified atom stereocenters. The van der Waals surface area contributed by atoms with Crippen molar-refractivity contribution in [3.63, 3.8) is 0 Å². The zero-order valence-corrected chi connectivity index (χ0v) is 15.8. The fourth-order valence-corrected chi connectivity index (χ4v) is 4.28. The van der Waals surface area contributed by atoms with Crippen molar-refractivity contribution in [3.8, 4) is 0 Å². The summed E-state index contributed by atoms with van der Waals surface area (Å²) in [5.74, 6) is 0.122. The molecule has 27 heavy (non-hydrogen) atoms. The van der Waals surface area contributed by atoms with Crippen LogP contribution in [0, 0.1) is 13.8 Å². The van der Waals surface area contributed by atoms with E-state index in [1.165, 1.54) is 0 Å². The van der Waals surface area contributed by atoms with Crippen LogP contribution in [0.1, 0.15) is 46.8 Å². The molecule has 0 saturated carbocycles. The summed E-state index contributed by atoms with van der Waals surface area (Å²) in [5.41, 5.74) is 3.17. The monoisotopic (exact) mass is 364 g/mol. The lowest BCUT2D eigenvalue weighted by Crippen LogP contribution is -2.53. The lowest BCUT2D eigenvalue weighted by atomic mass is 9.95. The van der Waals surface area contributed by atoms with Crippen molar-refractivity contribution >= 4 is 11.8 Å². The number of amides is 2. The van der Waals surface area contributed by atoms with Gasteiger partial charge in [0.15, 0.2) is 0 Å². The van der Waals surface area contributed by atoms with Gasteiger partial charge in [-0.15, -0.1) is 0 Å². The van der Waals surface area contributed by atoms with Gasteiger partial charge >= 0.3 is 0 Å². The van der Waals surface area contributed by atoms with E-state index in [4.69, 9.17) is 0 Å². The molecular weight excluding hydrogens is 340 g/mol. The minimum Gasteiger partial charge on any atom is -0.332 e. The lowest BCUT2D eigenvalue weighted by molar-refractivity contribution is -0.138. The Morgan fingerprint density at radius 1 is 1.04 bits per heavy atom. The van der Waals surface area contributed by atoms with Crippen LogP contribution in [0.15, 0.2) is 36.4 Å². The molecule has 4 rings (SSSR count). The summed E-state index contributed by atoms with van der Waals surface area (Å²) in [4.78, 5) is 38.4. The molecule has 2 atom stereocenters. The molecule has 2 aliphatic heterocycles.